The summed E-state index contributed by atoms with van der Waals surface area (Å²) in [6.45, 7) is 0.607. The van der Waals surface area contributed by atoms with E-state index in [-0.39, 0.29) is 29.5 Å². The van der Waals surface area contributed by atoms with Crippen molar-refractivity contribution < 1.29 is 19.4 Å². The molecule has 1 saturated heterocycles. The van der Waals surface area contributed by atoms with Crippen molar-refractivity contribution in [3.63, 3.8) is 0 Å². The molecule has 0 spiro atoms. The van der Waals surface area contributed by atoms with Crippen molar-refractivity contribution in [1.82, 2.24) is 14.9 Å². The second-order valence-electron chi connectivity index (χ2n) is 4.74. The number of methoxy groups -OCH3 is 2. The van der Waals surface area contributed by atoms with Gasteiger partial charge in [0.25, 0.3) is 5.91 Å². The molecule has 0 aromatic carbocycles. The highest BCUT2D eigenvalue weighted by atomic mass is 16.5. The molecule has 8 heteroatoms. The Kier molecular flexibility index (Phi) is 3.09. The number of aliphatic hydroxyl groups is 1. The van der Waals surface area contributed by atoms with E-state index in [4.69, 9.17) is 9.47 Å². The minimum absolute atomic E-state index is 0.0582. The molecule has 1 aromatic rings. The van der Waals surface area contributed by atoms with Gasteiger partial charge in [0.2, 0.25) is 5.88 Å². The molecule has 0 saturated carbocycles. The summed E-state index contributed by atoms with van der Waals surface area (Å²) >= 11 is 0. The summed E-state index contributed by atoms with van der Waals surface area (Å²) in [6, 6.07) is -0.199. The van der Waals surface area contributed by atoms with Crippen LogP contribution in [0.25, 0.3) is 0 Å². The molecule has 2 atom stereocenters. The fraction of sp³-hybridized carbons (Fsp3) is 0.583. The van der Waals surface area contributed by atoms with Crippen LogP contribution >= 0.6 is 0 Å². The van der Waals surface area contributed by atoms with E-state index in [0.29, 0.717) is 12.2 Å². The average molecular weight is 280 g/mol. The summed E-state index contributed by atoms with van der Waals surface area (Å²) < 4.78 is 10.1. The monoisotopic (exact) mass is 280 g/mol. The largest absolute Gasteiger partial charge is 0.479 e. The second-order valence-corrected chi connectivity index (χ2v) is 4.74. The molecule has 1 aromatic heterocycles. The van der Waals surface area contributed by atoms with E-state index in [1.807, 2.05) is 0 Å². The molecule has 20 heavy (non-hydrogen) atoms. The van der Waals surface area contributed by atoms with Crippen molar-refractivity contribution in [3.05, 3.63) is 5.69 Å². The van der Waals surface area contributed by atoms with E-state index >= 15 is 0 Å². The van der Waals surface area contributed by atoms with Gasteiger partial charge in [-0.25, -0.2) is 0 Å². The van der Waals surface area contributed by atoms with Crippen molar-refractivity contribution in [2.75, 3.05) is 26.1 Å². The molecular formula is C12H16N4O4. The lowest BCUT2D eigenvalue weighted by Crippen LogP contribution is -2.43. The molecule has 1 fully saturated rings. The zero-order valence-corrected chi connectivity index (χ0v) is 11.3. The molecule has 0 unspecified atom stereocenters. The first-order chi connectivity index (χ1) is 9.65. The van der Waals surface area contributed by atoms with Crippen LogP contribution in [0.1, 0.15) is 23.3 Å². The molecule has 0 radical (unpaired) electrons. The maximum Gasteiger partial charge on any atom is 0.320 e. The Morgan fingerprint density at radius 3 is 2.85 bits per heavy atom. The summed E-state index contributed by atoms with van der Waals surface area (Å²) in [5.41, 5.74) is 0.470. The van der Waals surface area contributed by atoms with Crippen molar-refractivity contribution in [3.8, 4) is 11.9 Å². The Morgan fingerprint density at radius 1 is 1.35 bits per heavy atom. The summed E-state index contributed by atoms with van der Waals surface area (Å²) in [4.78, 5) is 22.3. The lowest BCUT2D eigenvalue weighted by Gasteiger charge is -2.25. The van der Waals surface area contributed by atoms with Crippen molar-refractivity contribution >= 4 is 11.6 Å². The maximum absolute atomic E-state index is 12.6. The highest BCUT2D eigenvalue weighted by Gasteiger charge is 2.40. The molecule has 8 nitrogen and oxygen atoms in total. The molecule has 3 rings (SSSR count). The number of amides is 1. The molecule has 2 aliphatic heterocycles. The minimum Gasteiger partial charge on any atom is -0.479 e. The lowest BCUT2D eigenvalue weighted by molar-refractivity contribution is 0.0576. The van der Waals surface area contributed by atoms with E-state index < -0.39 is 6.23 Å². The van der Waals surface area contributed by atoms with Crippen LogP contribution in [0.4, 0.5) is 5.69 Å². The van der Waals surface area contributed by atoms with Gasteiger partial charge in [-0.1, -0.05) is 0 Å². The van der Waals surface area contributed by atoms with Crippen LogP contribution in [0, 0.1) is 0 Å². The number of carbonyl (C=O) groups is 1. The molecule has 0 aliphatic carbocycles. The van der Waals surface area contributed by atoms with Gasteiger partial charge in [0.15, 0.2) is 5.69 Å². The number of fused-ring (bicyclic) bond motifs is 2. The molecule has 2 N–H and O–H groups in total. The Hall–Kier alpha value is -2.09. The third-order valence-corrected chi connectivity index (χ3v) is 3.65. The number of hydrogen-bond acceptors (Lipinski definition) is 7. The van der Waals surface area contributed by atoms with Gasteiger partial charge < -0.3 is 24.8 Å². The van der Waals surface area contributed by atoms with Crippen LogP contribution in [0.15, 0.2) is 0 Å². The molecule has 0 bridgehead atoms. The normalized spacial score (nSPS) is 24.6. The van der Waals surface area contributed by atoms with Gasteiger partial charge in [-0.3, -0.25) is 4.79 Å². The standard InChI is InChI=1S/C12H16N4O4/c1-19-10-7-8(14-12(15-10)20-2)11(18)16-5-3-4-6(16)9(17)13-7/h6,9,13,17H,3-5H2,1-2H3/t6-,9+/m0/s1. The lowest BCUT2D eigenvalue weighted by atomic mass is 10.2. The van der Waals surface area contributed by atoms with E-state index in [9.17, 15) is 9.90 Å². The number of aromatic nitrogens is 2. The Bertz CT molecular complexity index is 551. The number of ether oxygens (including phenoxy) is 2. The molecule has 3 heterocycles. The highest BCUT2D eigenvalue weighted by molar-refractivity contribution is 6.00. The van der Waals surface area contributed by atoms with E-state index in [1.54, 1.807) is 4.90 Å². The Morgan fingerprint density at radius 2 is 2.15 bits per heavy atom. The van der Waals surface area contributed by atoms with E-state index in [1.165, 1.54) is 14.2 Å². The maximum atomic E-state index is 12.6. The summed E-state index contributed by atoms with van der Waals surface area (Å²) in [5, 5.41) is 13.1. The number of nitrogens with zero attached hydrogens (tertiary/aromatic N) is 3. The zero-order valence-electron chi connectivity index (χ0n) is 11.3. The van der Waals surface area contributed by atoms with E-state index in [2.05, 4.69) is 15.3 Å². The van der Waals surface area contributed by atoms with Crippen molar-refractivity contribution in [2.45, 2.75) is 25.1 Å². The number of aliphatic hydroxyl groups excluding tert-OH is 1. The fourth-order valence-corrected chi connectivity index (χ4v) is 2.70. The number of hydrogen-bond donors (Lipinski definition) is 2. The van der Waals surface area contributed by atoms with Gasteiger partial charge >= 0.3 is 6.01 Å². The Labute approximate surface area is 115 Å². The predicted octanol–water partition coefficient (Wildman–Crippen LogP) is -0.158. The first-order valence-electron chi connectivity index (χ1n) is 6.41. The number of nitrogens with one attached hydrogen (secondary N) is 1. The first kappa shape index (κ1) is 12.9. The smallest absolute Gasteiger partial charge is 0.320 e. The van der Waals surface area contributed by atoms with Crippen LogP contribution in [-0.4, -0.2) is 58.9 Å². The third-order valence-electron chi connectivity index (χ3n) is 3.65. The zero-order chi connectivity index (χ0) is 14.3. The highest BCUT2D eigenvalue weighted by Crippen LogP contribution is 2.35. The van der Waals surface area contributed by atoms with Gasteiger partial charge in [0.05, 0.1) is 20.3 Å². The topological polar surface area (TPSA) is 96.8 Å². The fourth-order valence-electron chi connectivity index (χ4n) is 2.70. The SMILES string of the molecule is COc1nc(OC)c2c(n1)C(=O)N1CCC[C@H]1[C@@H](O)N2. The summed E-state index contributed by atoms with van der Waals surface area (Å²) in [6.07, 6.45) is 0.749. The number of carbonyl (C=O) groups excluding carboxylic acids is 1. The van der Waals surface area contributed by atoms with Crippen LogP contribution in [0.2, 0.25) is 0 Å². The predicted molar refractivity (Wildman–Crippen MR) is 68.8 cm³/mol. The average Bonchev–Trinajstić information content (AvgIpc) is 2.92. The minimum atomic E-state index is -0.867. The first-order valence-corrected chi connectivity index (χ1v) is 6.41. The van der Waals surface area contributed by atoms with Gasteiger partial charge in [-0.2, -0.15) is 9.97 Å². The van der Waals surface area contributed by atoms with Crippen LogP contribution in [0.3, 0.4) is 0 Å². The number of anilines is 1. The Balaban J connectivity index is 2.14. The van der Waals surface area contributed by atoms with Crippen molar-refractivity contribution in [1.29, 1.82) is 0 Å². The van der Waals surface area contributed by atoms with Crippen LogP contribution < -0.4 is 14.8 Å². The molecule has 108 valence electrons. The van der Waals surface area contributed by atoms with Crippen LogP contribution in [0.5, 0.6) is 11.9 Å². The van der Waals surface area contributed by atoms with E-state index in [0.717, 1.165) is 12.8 Å². The number of rotatable bonds is 2. The van der Waals surface area contributed by atoms with Gasteiger partial charge in [-0.05, 0) is 12.8 Å². The second kappa shape index (κ2) is 4.78. The third kappa shape index (κ3) is 1.83. The molecular weight excluding hydrogens is 264 g/mol. The summed E-state index contributed by atoms with van der Waals surface area (Å²) in [7, 11) is 2.86. The summed E-state index contributed by atoms with van der Waals surface area (Å²) in [5.74, 6) is -0.0639. The van der Waals surface area contributed by atoms with Gasteiger partial charge in [0.1, 0.15) is 11.9 Å². The quantitative estimate of drug-likeness (QED) is 0.777. The van der Waals surface area contributed by atoms with Gasteiger partial charge in [0, 0.05) is 6.54 Å². The van der Waals surface area contributed by atoms with Crippen molar-refractivity contribution in [2.24, 2.45) is 0 Å². The molecule has 1 amide bonds. The van der Waals surface area contributed by atoms with Crippen LogP contribution in [-0.2, 0) is 0 Å². The van der Waals surface area contributed by atoms with Gasteiger partial charge in [-0.15, -0.1) is 0 Å². The molecule has 2 aliphatic rings.